The van der Waals surface area contributed by atoms with E-state index in [2.05, 4.69) is 5.32 Å². The van der Waals surface area contributed by atoms with Gasteiger partial charge < -0.3 is 19.5 Å². The minimum absolute atomic E-state index is 0.0550. The fourth-order valence-electron chi connectivity index (χ4n) is 2.84. The van der Waals surface area contributed by atoms with Crippen molar-refractivity contribution in [3.8, 4) is 11.5 Å². The van der Waals surface area contributed by atoms with Crippen LogP contribution in [-0.4, -0.2) is 49.4 Å². The van der Waals surface area contributed by atoms with Crippen LogP contribution in [0.4, 0.5) is 0 Å². The third kappa shape index (κ3) is 3.37. The molecule has 0 aliphatic carbocycles. The van der Waals surface area contributed by atoms with E-state index in [4.69, 9.17) is 26.4 Å². The van der Waals surface area contributed by atoms with Crippen molar-refractivity contribution in [2.24, 2.45) is 0 Å². The summed E-state index contributed by atoms with van der Waals surface area (Å²) in [4.78, 5) is 14.2. The van der Waals surface area contributed by atoms with E-state index in [1.54, 1.807) is 37.3 Å². The van der Waals surface area contributed by atoms with Crippen molar-refractivity contribution < 1.29 is 19.0 Å². The van der Waals surface area contributed by atoms with E-state index in [0.29, 0.717) is 28.9 Å². The first-order valence-electron chi connectivity index (χ1n) is 7.80. The first-order chi connectivity index (χ1) is 11.6. The van der Waals surface area contributed by atoms with Gasteiger partial charge in [-0.2, -0.15) is 0 Å². The molecule has 1 amide bonds. The van der Waals surface area contributed by atoms with Crippen LogP contribution in [0, 0.1) is 0 Å². The van der Waals surface area contributed by atoms with Crippen molar-refractivity contribution in [3.05, 3.63) is 29.5 Å². The number of hydrogen-bond donors (Lipinski definition) is 1. The first kappa shape index (κ1) is 16.7. The molecule has 2 heterocycles. The molecule has 1 aromatic rings. The fourth-order valence-corrected chi connectivity index (χ4v) is 3.10. The predicted molar refractivity (Wildman–Crippen MR) is 93.9 cm³/mol. The number of amides is 1. The van der Waals surface area contributed by atoms with Gasteiger partial charge in [0.25, 0.3) is 5.91 Å². The monoisotopic (exact) mass is 348 g/mol. The van der Waals surface area contributed by atoms with Crippen molar-refractivity contribution >= 4 is 29.3 Å². The number of ether oxygens (including phenoxy) is 3. The Morgan fingerprint density at radius 3 is 2.92 bits per heavy atom. The molecule has 1 aromatic carbocycles. The van der Waals surface area contributed by atoms with E-state index >= 15 is 0 Å². The number of methoxy groups -OCH3 is 2. The number of nitrogens with zero attached hydrogens (tertiary/aromatic N) is 1. The Labute approximate surface area is 146 Å². The average molecular weight is 348 g/mol. The number of carbonyl (C=O) groups is 1. The Bertz CT molecular complexity index is 683. The van der Waals surface area contributed by atoms with Gasteiger partial charge in [0.1, 0.15) is 17.2 Å². The summed E-state index contributed by atoms with van der Waals surface area (Å²) in [7, 11) is 3.18. The van der Waals surface area contributed by atoms with Crippen LogP contribution in [-0.2, 0) is 9.53 Å². The van der Waals surface area contributed by atoms with Crippen molar-refractivity contribution in [1.29, 1.82) is 0 Å². The van der Waals surface area contributed by atoms with Crippen molar-refractivity contribution in [2.45, 2.75) is 18.9 Å². The van der Waals surface area contributed by atoms with Crippen LogP contribution < -0.4 is 14.8 Å². The van der Waals surface area contributed by atoms with Gasteiger partial charge in [-0.25, -0.2) is 0 Å². The van der Waals surface area contributed by atoms with E-state index in [0.717, 1.165) is 25.0 Å². The van der Waals surface area contributed by atoms with Crippen LogP contribution in [0.5, 0.6) is 11.5 Å². The molecule has 24 heavy (non-hydrogen) atoms. The summed E-state index contributed by atoms with van der Waals surface area (Å²) in [5.41, 5.74) is 1.17. The topological polar surface area (TPSA) is 60.0 Å². The highest BCUT2D eigenvalue weighted by Gasteiger charge is 2.33. The molecule has 0 spiro atoms. The third-order valence-corrected chi connectivity index (χ3v) is 4.43. The molecule has 7 heteroatoms. The average Bonchev–Trinajstić information content (AvgIpc) is 3.19. The molecular formula is C17H20N2O4S. The highest BCUT2D eigenvalue weighted by molar-refractivity contribution is 7.80. The maximum atomic E-state index is 12.6. The highest BCUT2D eigenvalue weighted by atomic mass is 32.1. The van der Waals surface area contributed by atoms with Crippen LogP contribution in [0.2, 0.25) is 0 Å². The minimum Gasteiger partial charge on any atom is -0.497 e. The van der Waals surface area contributed by atoms with Crippen LogP contribution in [0.15, 0.2) is 23.9 Å². The van der Waals surface area contributed by atoms with E-state index in [-0.39, 0.29) is 12.0 Å². The summed E-state index contributed by atoms with van der Waals surface area (Å²) in [5, 5.41) is 3.39. The summed E-state index contributed by atoms with van der Waals surface area (Å²) in [6.07, 6.45) is 3.76. The molecule has 0 aromatic heterocycles. The van der Waals surface area contributed by atoms with Gasteiger partial charge in [0.05, 0.1) is 26.9 Å². The number of thiocarbonyl (C=S) groups is 1. The maximum absolute atomic E-state index is 12.6. The zero-order chi connectivity index (χ0) is 17.1. The van der Waals surface area contributed by atoms with E-state index in [1.807, 2.05) is 6.07 Å². The summed E-state index contributed by atoms with van der Waals surface area (Å²) >= 11 is 5.30. The van der Waals surface area contributed by atoms with Crippen LogP contribution in [0.1, 0.15) is 18.4 Å². The van der Waals surface area contributed by atoms with Gasteiger partial charge in [0.2, 0.25) is 0 Å². The molecule has 1 N–H and O–H groups in total. The van der Waals surface area contributed by atoms with Gasteiger partial charge >= 0.3 is 0 Å². The van der Waals surface area contributed by atoms with Gasteiger partial charge in [0, 0.05) is 12.2 Å². The number of hydrogen-bond acceptors (Lipinski definition) is 5. The normalized spacial score (nSPS) is 22.2. The van der Waals surface area contributed by atoms with Crippen molar-refractivity contribution in [1.82, 2.24) is 10.2 Å². The molecule has 0 radical (unpaired) electrons. The second-order valence-corrected chi connectivity index (χ2v) is 6.03. The summed E-state index contributed by atoms with van der Waals surface area (Å²) in [6.45, 7) is 1.23. The molecule has 6 nitrogen and oxygen atoms in total. The number of benzene rings is 1. The van der Waals surface area contributed by atoms with Gasteiger partial charge in [-0.1, -0.05) is 0 Å². The number of rotatable bonds is 5. The summed E-state index contributed by atoms with van der Waals surface area (Å²) in [5.74, 6) is 1.19. The summed E-state index contributed by atoms with van der Waals surface area (Å²) < 4.78 is 16.2. The van der Waals surface area contributed by atoms with Gasteiger partial charge in [-0.05, 0) is 49.3 Å². The Hall–Kier alpha value is -2.12. The highest BCUT2D eigenvalue weighted by Crippen LogP contribution is 2.27. The van der Waals surface area contributed by atoms with E-state index < -0.39 is 0 Å². The molecule has 3 rings (SSSR count). The molecule has 128 valence electrons. The third-order valence-electron chi connectivity index (χ3n) is 4.11. The number of nitrogens with one attached hydrogen (secondary N) is 1. The molecule has 2 saturated heterocycles. The Balaban J connectivity index is 1.83. The standard InChI is InChI=1S/C17H20N2O4S/c1-21-12-5-6-15(22-2)11(8-12)9-14-16(20)19(17(24)18-14)10-13-4-3-7-23-13/h5-6,8-9,13H,3-4,7,10H2,1-2H3,(H,18,24)/b14-9+. The fraction of sp³-hybridized carbons (Fsp3) is 0.412. The Kier molecular flexibility index (Phi) is 5.01. The molecule has 1 unspecified atom stereocenters. The molecular weight excluding hydrogens is 328 g/mol. The van der Waals surface area contributed by atoms with E-state index in [1.165, 1.54) is 0 Å². The quantitative estimate of drug-likeness (QED) is 0.648. The summed E-state index contributed by atoms with van der Waals surface area (Å²) in [6, 6.07) is 5.42. The SMILES string of the molecule is COc1ccc(OC)c(/C=C2/NC(=S)N(CC3CCCO3)C2=O)c1. The van der Waals surface area contributed by atoms with Gasteiger partial charge in [0.15, 0.2) is 5.11 Å². The van der Waals surface area contributed by atoms with Gasteiger partial charge in [-0.3, -0.25) is 9.69 Å². The molecule has 1 atom stereocenters. The van der Waals surface area contributed by atoms with Crippen LogP contribution in [0.3, 0.4) is 0 Å². The predicted octanol–water partition coefficient (Wildman–Crippen LogP) is 1.94. The lowest BCUT2D eigenvalue weighted by Gasteiger charge is -2.18. The molecule has 2 aliphatic heterocycles. The second-order valence-electron chi connectivity index (χ2n) is 5.65. The molecule has 0 saturated carbocycles. The first-order valence-corrected chi connectivity index (χ1v) is 8.21. The van der Waals surface area contributed by atoms with Crippen LogP contribution >= 0.6 is 12.2 Å². The lowest BCUT2D eigenvalue weighted by Crippen LogP contribution is -2.37. The van der Waals surface area contributed by atoms with Crippen LogP contribution in [0.25, 0.3) is 6.08 Å². The molecule has 2 fully saturated rings. The Morgan fingerprint density at radius 1 is 1.42 bits per heavy atom. The maximum Gasteiger partial charge on any atom is 0.276 e. The molecule has 2 aliphatic rings. The van der Waals surface area contributed by atoms with E-state index in [9.17, 15) is 4.79 Å². The van der Waals surface area contributed by atoms with Crippen molar-refractivity contribution in [2.75, 3.05) is 27.4 Å². The largest absolute Gasteiger partial charge is 0.497 e. The molecule has 0 bridgehead atoms. The number of carbonyl (C=O) groups excluding carboxylic acids is 1. The second kappa shape index (κ2) is 7.19. The smallest absolute Gasteiger partial charge is 0.276 e. The zero-order valence-corrected chi connectivity index (χ0v) is 14.5. The lowest BCUT2D eigenvalue weighted by atomic mass is 10.1. The lowest BCUT2D eigenvalue weighted by molar-refractivity contribution is -0.123. The minimum atomic E-state index is -0.152. The zero-order valence-electron chi connectivity index (χ0n) is 13.7. The van der Waals surface area contributed by atoms with Gasteiger partial charge in [-0.15, -0.1) is 0 Å². The Morgan fingerprint density at radius 2 is 2.25 bits per heavy atom. The van der Waals surface area contributed by atoms with Crippen molar-refractivity contribution in [3.63, 3.8) is 0 Å².